The SMILES string of the molecule is CN/C=C(\C)n1ccc(=O)c(C/C(C)=C/C=C\CNC(=O)NC/C(C)=C/C=C(\C)OC)n1. The normalized spacial score (nSPS) is 13.3. The minimum Gasteiger partial charge on any atom is -0.501 e. The predicted molar refractivity (Wildman–Crippen MR) is 130 cm³/mol. The van der Waals surface area contributed by atoms with Gasteiger partial charge in [-0.3, -0.25) is 4.79 Å². The van der Waals surface area contributed by atoms with Crippen LogP contribution in [0.2, 0.25) is 0 Å². The molecule has 0 aliphatic rings. The Bertz CT molecular complexity index is 968. The van der Waals surface area contributed by atoms with E-state index >= 15 is 0 Å². The summed E-state index contributed by atoms with van der Waals surface area (Å²) < 4.78 is 6.73. The summed E-state index contributed by atoms with van der Waals surface area (Å²) in [5.74, 6) is 0.803. The fourth-order valence-corrected chi connectivity index (χ4v) is 2.48. The van der Waals surface area contributed by atoms with Gasteiger partial charge in [0.05, 0.1) is 18.6 Å². The van der Waals surface area contributed by atoms with Crippen LogP contribution in [0.15, 0.2) is 70.5 Å². The minimum atomic E-state index is -0.241. The average Bonchev–Trinajstić information content (AvgIpc) is 2.77. The van der Waals surface area contributed by atoms with E-state index in [1.54, 1.807) is 18.0 Å². The lowest BCUT2D eigenvalue weighted by molar-refractivity contribution is 0.242. The number of hydrogen-bond acceptors (Lipinski definition) is 5. The van der Waals surface area contributed by atoms with E-state index in [9.17, 15) is 9.59 Å². The second-order valence-corrected chi connectivity index (χ2v) is 7.32. The molecule has 1 aromatic rings. The van der Waals surface area contributed by atoms with E-state index in [1.165, 1.54) is 6.07 Å². The predicted octanol–water partition coefficient (Wildman–Crippen LogP) is 3.12. The summed E-state index contributed by atoms with van der Waals surface area (Å²) in [5, 5.41) is 12.9. The third kappa shape index (κ3) is 10.5. The zero-order valence-corrected chi connectivity index (χ0v) is 19.9. The first-order valence-electron chi connectivity index (χ1n) is 10.4. The smallest absolute Gasteiger partial charge is 0.315 e. The van der Waals surface area contributed by atoms with E-state index in [4.69, 9.17) is 4.74 Å². The summed E-state index contributed by atoms with van der Waals surface area (Å²) in [6.45, 7) is 8.49. The molecule has 0 aliphatic heterocycles. The second kappa shape index (κ2) is 14.5. The molecule has 0 aliphatic carbocycles. The molecule has 8 heteroatoms. The number of rotatable bonds is 11. The topological polar surface area (TPSA) is 97.3 Å². The lowest BCUT2D eigenvalue weighted by Crippen LogP contribution is -2.36. The van der Waals surface area contributed by atoms with Gasteiger partial charge in [0.25, 0.3) is 0 Å². The first kappa shape index (κ1) is 26.5. The number of urea groups is 1. The van der Waals surface area contributed by atoms with Crippen LogP contribution in [0.4, 0.5) is 4.79 Å². The largest absolute Gasteiger partial charge is 0.501 e. The number of carbonyl (C=O) groups is 1. The Labute approximate surface area is 190 Å². The number of nitrogens with zero attached hydrogens (tertiary/aromatic N) is 2. The maximum absolute atomic E-state index is 12.1. The van der Waals surface area contributed by atoms with Crippen molar-refractivity contribution in [2.45, 2.75) is 34.1 Å². The fraction of sp³-hybridized carbons (Fsp3) is 0.375. The van der Waals surface area contributed by atoms with E-state index in [0.717, 1.165) is 22.6 Å². The Morgan fingerprint density at radius 1 is 1.12 bits per heavy atom. The molecule has 0 atom stereocenters. The molecule has 0 bridgehead atoms. The minimum absolute atomic E-state index is 0.0919. The fourth-order valence-electron chi connectivity index (χ4n) is 2.48. The lowest BCUT2D eigenvalue weighted by Gasteiger charge is -2.08. The molecule has 0 saturated heterocycles. The highest BCUT2D eigenvalue weighted by Gasteiger charge is 2.04. The zero-order valence-electron chi connectivity index (χ0n) is 19.9. The Hall–Kier alpha value is -3.55. The van der Waals surface area contributed by atoms with E-state index in [0.29, 0.717) is 25.2 Å². The highest BCUT2D eigenvalue weighted by Crippen LogP contribution is 2.04. The molecule has 0 unspecified atom stereocenters. The number of carbonyl (C=O) groups excluding carboxylic acids is 1. The van der Waals surface area contributed by atoms with Crippen molar-refractivity contribution in [1.29, 1.82) is 0 Å². The van der Waals surface area contributed by atoms with Gasteiger partial charge in [0.15, 0.2) is 0 Å². The van der Waals surface area contributed by atoms with Crippen LogP contribution in [-0.2, 0) is 11.2 Å². The van der Waals surface area contributed by atoms with E-state index in [1.807, 2.05) is 71.3 Å². The van der Waals surface area contributed by atoms with Gasteiger partial charge >= 0.3 is 6.03 Å². The van der Waals surface area contributed by atoms with E-state index in [-0.39, 0.29) is 11.5 Å². The molecule has 1 aromatic heterocycles. The van der Waals surface area contributed by atoms with Crippen LogP contribution in [0.1, 0.15) is 33.4 Å². The molecule has 1 rings (SSSR count). The van der Waals surface area contributed by atoms with E-state index < -0.39 is 0 Å². The average molecular weight is 442 g/mol. The summed E-state index contributed by atoms with van der Waals surface area (Å²) in [6.07, 6.45) is 13.3. The number of ether oxygens (including phenoxy) is 1. The van der Waals surface area contributed by atoms with Gasteiger partial charge in [-0.05, 0) is 33.8 Å². The molecule has 8 nitrogen and oxygen atoms in total. The molecule has 0 fully saturated rings. The third-order valence-corrected chi connectivity index (χ3v) is 4.39. The molecule has 0 saturated carbocycles. The third-order valence-electron chi connectivity index (χ3n) is 4.39. The standard InChI is InChI=1S/C24H35N5O3/c1-18(15-22-23(30)12-14-29(28-22)20(3)17-25-5)9-7-8-13-26-24(31)27-16-19(2)10-11-21(4)32-6/h7-12,14,17,25H,13,15-16H2,1-6H3,(H2,26,27,31)/b8-7-,18-9+,19-10+,20-17+,21-11+. The van der Waals surface area contributed by atoms with Crippen LogP contribution in [0, 0.1) is 0 Å². The first-order valence-corrected chi connectivity index (χ1v) is 10.4. The van der Waals surface area contributed by atoms with Crippen molar-refractivity contribution in [2.75, 3.05) is 27.2 Å². The van der Waals surface area contributed by atoms with Crippen molar-refractivity contribution in [3.8, 4) is 0 Å². The number of amides is 2. The van der Waals surface area contributed by atoms with Crippen LogP contribution in [0.5, 0.6) is 0 Å². The Morgan fingerprint density at radius 3 is 2.56 bits per heavy atom. The van der Waals surface area contributed by atoms with Gasteiger partial charge in [-0.1, -0.05) is 35.5 Å². The molecular formula is C24H35N5O3. The quantitative estimate of drug-likeness (QED) is 0.362. The number of allylic oxidation sites excluding steroid dienone is 7. The van der Waals surface area contributed by atoms with Crippen molar-refractivity contribution >= 4 is 11.7 Å². The van der Waals surface area contributed by atoms with Crippen molar-refractivity contribution in [3.63, 3.8) is 0 Å². The Balaban J connectivity index is 2.51. The summed E-state index contributed by atoms with van der Waals surface area (Å²) >= 11 is 0. The molecule has 2 amide bonds. The number of hydrogen-bond donors (Lipinski definition) is 3. The van der Waals surface area contributed by atoms with Gasteiger partial charge < -0.3 is 20.7 Å². The van der Waals surface area contributed by atoms with Crippen LogP contribution in [0.25, 0.3) is 5.70 Å². The van der Waals surface area contributed by atoms with Gasteiger partial charge in [0.1, 0.15) is 5.69 Å². The lowest BCUT2D eigenvalue weighted by atomic mass is 10.1. The van der Waals surface area contributed by atoms with Gasteiger partial charge in [0.2, 0.25) is 5.43 Å². The van der Waals surface area contributed by atoms with Crippen LogP contribution >= 0.6 is 0 Å². The monoisotopic (exact) mass is 441 g/mol. The van der Waals surface area contributed by atoms with Crippen molar-refractivity contribution in [3.05, 3.63) is 81.7 Å². The van der Waals surface area contributed by atoms with Gasteiger partial charge in [-0.2, -0.15) is 5.10 Å². The summed E-state index contributed by atoms with van der Waals surface area (Å²) in [4.78, 5) is 24.0. The van der Waals surface area contributed by atoms with Crippen LogP contribution < -0.4 is 21.4 Å². The highest BCUT2D eigenvalue weighted by atomic mass is 16.5. The molecule has 0 aromatic carbocycles. The molecule has 0 radical (unpaired) electrons. The van der Waals surface area contributed by atoms with Gasteiger partial charge in [-0.15, -0.1) is 0 Å². The molecule has 3 N–H and O–H groups in total. The first-order chi connectivity index (χ1) is 15.3. The molecule has 32 heavy (non-hydrogen) atoms. The maximum atomic E-state index is 12.1. The van der Waals surface area contributed by atoms with Crippen LogP contribution in [0.3, 0.4) is 0 Å². The number of methoxy groups -OCH3 is 1. The number of nitrogens with one attached hydrogen (secondary N) is 3. The molecular weight excluding hydrogens is 406 g/mol. The van der Waals surface area contributed by atoms with E-state index in [2.05, 4.69) is 21.0 Å². The zero-order chi connectivity index (χ0) is 23.9. The molecule has 174 valence electrons. The second-order valence-electron chi connectivity index (χ2n) is 7.32. The summed E-state index contributed by atoms with van der Waals surface area (Å²) in [5.41, 5.74) is 3.27. The van der Waals surface area contributed by atoms with Crippen molar-refractivity contribution in [1.82, 2.24) is 25.7 Å². The number of aromatic nitrogens is 2. The Kier molecular flexibility index (Phi) is 12.0. The van der Waals surface area contributed by atoms with Gasteiger partial charge in [-0.25, -0.2) is 9.48 Å². The summed E-state index contributed by atoms with van der Waals surface area (Å²) in [6, 6.07) is 1.28. The van der Waals surface area contributed by atoms with Crippen molar-refractivity contribution < 1.29 is 9.53 Å². The van der Waals surface area contributed by atoms with Crippen LogP contribution in [-0.4, -0.2) is 43.1 Å². The molecule has 1 heterocycles. The Morgan fingerprint density at radius 2 is 1.88 bits per heavy atom. The summed E-state index contributed by atoms with van der Waals surface area (Å²) in [7, 11) is 3.43. The van der Waals surface area contributed by atoms with Crippen molar-refractivity contribution in [2.24, 2.45) is 0 Å². The highest BCUT2D eigenvalue weighted by molar-refractivity contribution is 5.74. The van der Waals surface area contributed by atoms with Gasteiger partial charge in [0, 0.05) is 45.0 Å². The maximum Gasteiger partial charge on any atom is 0.315 e. The molecule has 0 spiro atoms.